The molecule has 3 heterocycles. The van der Waals surface area contributed by atoms with Crippen LogP contribution in [-0.4, -0.2) is 41.2 Å². The Morgan fingerprint density at radius 2 is 1.97 bits per heavy atom. The summed E-state index contributed by atoms with van der Waals surface area (Å²) in [5.41, 5.74) is 8.56. The van der Waals surface area contributed by atoms with Gasteiger partial charge in [-0.25, -0.2) is 4.98 Å². The molecule has 2 aromatic heterocycles. The number of pyridine rings is 1. The van der Waals surface area contributed by atoms with Crippen LogP contribution in [0.5, 0.6) is 11.5 Å². The molecule has 8 nitrogen and oxygen atoms in total. The average molecular weight is 422 g/mol. The molecule has 1 aliphatic heterocycles. The highest BCUT2D eigenvalue weighted by Gasteiger charge is 2.22. The molecule has 0 bridgehead atoms. The van der Waals surface area contributed by atoms with Crippen LogP contribution in [0.3, 0.4) is 0 Å². The Balaban J connectivity index is 1.56. The monoisotopic (exact) mass is 421 g/mol. The van der Waals surface area contributed by atoms with Crippen molar-refractivity contribution in [2.24, 2.45) is 5.73 Å². The summed E-state index contributed by atoms with van der Waals surface area (Å²) in [5.74, 6) is 2.25. The van der Waals surface area contributed by atoms with Gasteiger partial charge in [0.2, 0.25) is 6.79 Å². The number of anilines is 1. The summed E-state index contributed by atoms with van der Waals surface area (Å²) < 4.78 is 13.1. The normalized spacial score (nSPS) is 15.9. The van der Waals surface area contributed by atoms with Crippen LogP contribution in [-0.2, 0) is 0 Å². The molecular weight excluding hydrogens is 394 g/mol. The van der Waals surface area contributed by atoms with Crippen LogP contribution >= 0.6 is 0 Å². The van der Waals surface area contributed by atoms with Gasteiger partial charge in [-0.05, 0) is 43.2 Å². The van der Waals surface area contributed by atoms with Gasteiger partial charge in [0.1, 0.15) is 17.2 Å². The van der Waals surface area contributed by atoms with E-state index in [1.54, 1.807) is 0 Å². The largest absolute Gasteiger partial charge is 0.454 e. The number of aromatic nitrogens is 2. The van der Waals surface area contributed by atoms with Gasteiger partial charge in [0.15, 0.2) is 11.5 Å². The van der Waals surface area contributed by atoms with E-state index < -0.39 is 0 Å². The minimum absolute atomic E-state index is 0.151. The zero-order valence-corrected chi connectivity index (χ0v) is 17.4. The first kappa shape index (κ1) is 19.7. The Morgan fingerprint density at radius 3 is 2.81 bits per heavy atom. The number of nitrogens with zero attached hydrogens (tertiary/aromatic N) is 2. The minimum Gasteiger partial charge on any atom is -0.454 e. The first-order chi connectivity index (χ1) is 15.2. The first-order valence-electron chi connectivity index (χ1n) is 10.9. The zero-order chi connectivity index (χ0) is 21.2. The third-order valence-electron chi connectivity index (χ3n) is 5.91. The van der Waals surface area contributed by atoms with Crippen molar-refractivity contribution < 1.29 is 14.3 Å². The number of benzene rings is 1. The lowest BCUT2D eigenvalue weighted by Crippen LogP contribution is -2.29. The predicted molar refractivity (Wildman–Crippen MR) is 119 cm³/mol. The van der Waals surface area contributed by atoms with E-state index in [0.717, 1.165) is 41.4 Å². The van der Waals surface area contributed by atoms with Gasteiger partial charge in [-0.1, -0.05) is 19.3 Å². The molecule has 8 heteroatoms. The number of carbonyl (C=O) groups is 1. The van der Waals surface area contributed by atoms with Crippen molar-refractivity contribution in [1.82, 2.24) is 14.7 Å². The maximum absolute atomic E-state index is 12.4. The van der Waals surface area contributed by atoms with Crippen molar-refractivity contribution in [3.05, 3.63) is 42.1 Å². The predicted octanol–water partition coefficient (Wildman–Crippen LogP) is 3.16. The molecule has 1 aliphatic carbocycles. The Kier molecular flexibility index (Phi) is 5.38. The molecule has 1 saturated carbocycles. The minimum atomic E-state index is -0.151. The van der Waals surface area contributed by atoms with Crippen molar-refractivity contribution in [3.63, 3.8) is 0 Å². The van der Waals surface area contributed by atoms with Crippen molar-refractivity contribution in [2.75, 3.05) is 25.2 Å². The average Bonchev–Trinajstić information content (AvgIpc) is 3.42. The number of hydrogen-bond donors (Lipinski definition) is 3. The van der Waals surface area contributed by atoms with Crippen LogP contribution in [0.4, 0.5) is 5.82 Å². The zero-order valence-electron chi connectivity index (χ0n) is 17.4. The van der Waals surface area contributed by atoms with E-state index in [1.165, 1.54) is 19.3 Å². The van der Waals surface area contributed by atoms with Crippen LogP contribution in [0.25, 0.3) is 16.9 Å². The molecule has 1 aromatic carbocycles. The number of imidazole rings is 1. The highest BCUT2D eigenvalue weighted by molar-refractivity contribution is 5.95. The van der Waals surface area contributed by atoms with E-state index in [-0.39, 0.29) is 12.7 Å². The lowest BCUT2D eigenvalue weighted by Gasteiger charge is -2.24. The molecule has 2 aliphatic rings. The number of fused-ring (bicyclic) bond motifs is 2. The maximum Gasteiger partial charge on any atom is 0.251 e. The fourth-order valence-electron chi connectivity index (χ4n) is 4.30. The number of carbonyl (C=O) groups excluding carboxylic acids is 1. The summed E-state index contributed by atoms with van der Waals surface area (Å²) in [6, 6.07) is 9.91. The summed E-state index contributed by atoms with van der Waals surface area (Å²) in [4.78, 5) is 17.3. The molecule has 0 spiro atoms. The highest BCUT2D eigenvalue weighted by Crippen LogP contribution is 2.38. The Labute approximate surface area is 180 Å². The van der Waals surface area contributed by atoms with Crippen LogP contribution in [0, 0.1) is 0 Å². The molecule has 31 heavy (non-hydrogen) atoms. The second kappa shape index (κ2) is 8.47. The van der Waals surface area contributed by atoms with Crippen molar-refractivity contribution in [3.8, 4) is 22.8 Å². The van der Waals surface area contributed by atoms with Gasteiger partial charge in [0, 0.05) is 36.5 Å². The number of amides is 1. The van der Waals surface area contributed by atoms with E-state index in [1.807, 2.05) is 40.9 Å². The summed E-state index contributed by atoms with van der Waals surface area (Å²) in [6.45, 7) is 1.08. The summed E-state index contributed by atoms with van der Waals surface area (Å²) in [6.07, 6.45) is 7.96. The van der Waals surface area contributed by atoms with Crippen LogP contribution in [0.2, 0.25) is 0 Å². The Morgan fingerprint density at radius 1 is 1.13 bits per heavy atom. The SMILES string of the molecule is NCCNC(=O)c1ccn2c(NC3CCCCC3)c(-c3ccc4c(c3)OCO4)nc2c1. The smallest absolute Gasteiger partial charge is 0.251 e. The third kappa shape index (κ3) is 3.90. The van der Waals surface area contributed by atoms with Crippen molar-refractivity contribution >= 4 is 17.4 Å². The number of rotatable bonds is 6. The quantitative estimate of drug-likeness (QED) is 0.565. The molecular formula is C23H27N5O3. The third-order valence-corrected chi connectivity index (χ3v) is 5.91. The number of ether oxygens (including phenoxy) is 2. The standard InChI is InChI=1S/C23H27N5O3/c24-9-10-25-23(29)16-8-11-28-20(13-16)27-21(22(28)26-17-4-2-1-3-5-17)15-6-7-18-19(12-15)31-14-30-18/h6-8,11-13,17,26H,1-5,9-10,14,24H2,(H,25,29). The second-order valence-corrected chi connectivity index (χ2v) is 8.04. The number of nitrogens with two attached hydrogens (primary N) is 1. The van der Waals surface area contributed by atoms with Gasteiger partial charge in [-0.15, -0.1) is 0 Å². The van der Waals surface area contributed by atoms with Crippen molar-refractivity contribution in [1.29, 1.82) is 0 Å². The Bertz CT molecular complexity index is 1100. The molecule has 0 saturated heterocycles. The topological polar surface area (TPSA) is 103 Å². The number of nitrogens with one attached hydrogen (secondary N) is 2. The fourth-order valence-corrected chi connectivity index (χ4v) is 4.30. The lowest BCUT2D eigenvalue weighted by molar-refractivity contribution is 0.0954. The van der Waals surface area contributed by atoms with E-state index in [0.29, 0.717) is 30.3 Å². The molecule has 162 valence electrons. The van der Waals surface area contributed by atoms with Gasteiger partial charge >= 0.3 is 0 Å². The van der Waals surface area contributed by atoms with Gasteiger partial charge in [0.05, 0.1) is 0 Å². The molecule has 0 unspecified atom stereocenters. The summed E-state index contributed by atoms with van der Waals surface area (Å²) in [5, 5.41) is 6.55. The van der Waals surface area contributed by atoms with E-state index in [9.17, 15) is 4.79 Å². The molecule has 0 radical (unpaired) electrons. The van der Waals surface area contributed by atoms with Gasteiger partial charge in [0.25, 0.3) is 5.91 Å². The van der Waals surface area contributed by atoms with Crippen LogP contribution in [0.1, 0.15) is 42.5 Å². The van der Waals surface area contributed by atoms with E-state index in [4.69, 9.17) is 20.2 Å². The lowest BCUT2D eigenvalue weighted by atomic mass is 9.95. The molecule has 0 atom stereocenters. The number of hydrogen-bond acceptors (Lipinski definition) is 6. The summed E-state index contributed by atoms with van der Waals surface area (Å²) in [7, 11) is 0. The molecule has 3 aromatic rings. The van der Waals surface area contributed by atoms with Gasteiger partial charge < -0.3 is 25.8 Å². The highest BCUT2D eigenvalue weighted by atomic mass is 16.7. The second-order valence-electron chi connectivity index (χ2n) is 8.04. The fraction of sp³-hybridized carbons (Fsp3) is 0.391. The van der Waals surface area contributed by atoms with E-state index >= 15 is 0 Å². The molecule has 4 N–H and O–H groups in total. The Hall–Kier alpha value is -3.26. The summed E-state index contributed by atoms with van der Waals surface area (Å²) >= 11 is 0. The van der Waals surface area contributed by atoms with Crippen LogP contribution in [0.15, 0.2) is 36.5 Å². The molecule has 5 rings (SSSR count). The molecule has 1 amide bonds. The van der Waals surface area contributed by atoms with Gasteiger partial charge in [-0.2, -0.15) is 0 Å². The van der Waals surface area contributed by atoms with E-state index in [2.05, 4.69) is 10.6 Å². The van der Waals surface area contributed by atoms with Gasteiger partial charge in [-0.3, -0.25) is 9.20 Å². The molecule has 1 fully saturated rings. The van der Waals surface area contributed by atoms with Crippen molar-refractivity contribution in [2.45, 2.75) is 38.1 Å². The maximum atomic E-state index is 12.4. The first-order valence-corrected chi connectivity index (χ1v) is 10.9. The van der Waals surface area contributed by atoms with Crippen LogP contribution < -0.4 is 25.8 Å².